The molecule has 4 nitrogen and oxygen atoms in total. The molecule has 3 heterocycles. The third-order valence-corrected chi connectivity index (χ3v) is 4.99. The largest absolute Gasteiger partial charge is 0.335 e. The van der Waals surface area contributed by atoms with Gasteiger partial charge in [0.15, 0.2) is 0 Å². The number of thiazole rings is 1. The molecule has 0 radical (unpaired) electrons. The Hall–Kier alpha value is -1.75. The normalized spacial score (nSPS) is 19.0. The first-order valence-electron chi connectivity index (χ1n) is 7.84. The number of aryl methyl sites for hydroxylation is 1. The van der Waals surface area contributed by atoms with Crippen molar-refractivity contribution in [2.24, 2.45) is 0 Å². The second kappa shape index (κ2) is 7.01. The zero-order valence-electron chi connectivity index (χ0n) is 12.9. The highest BCUT2D eigenvalue weighted by atomic mass is 32.1. The zero-order chi connectivity index (χ0) is 15.4. The van der Waals surface area contributed by atoms with Crippen LogP contribution in [0.3, 0.4) is 0 Å². The average molecular weight is 315 g/mol. The first-order valence-corrected chi connectivity index (χ1v) is 8.72. The third-order valence-electron chi connectivity index (χ3n) is 4.16. The van der Waals surface area contributed by atoms with Gasteiger partial charge < -0.3 is 4.90 Å². The van der Waals surface area contributed by atoms with Gasteiger partial charge >= 0.3 is 0 Å². The summed E-state index contributed by atoms with van der Waals surface area (Å²) in [6.45, 7) is 2.82. The molecule has 1 amide bonds. The average Bonchev–Trinajstić information content (AvgIpc) is 2.80. The molecule has 1 saturated heterocycles. The number of likely N-dealkylation sites (tertiary alicyclic amines) is 1. The number of carbonyl (C=O) groups is 1. The predicted octanol–water partition coefficient (Wildman–Crippen LogP) is 3.53. The molecule has 0 bridgehead atoms. The van der Waals surface area contributed by atoms with Crippen molar-refractivity contribution >= 4 is 17.2 Å². The first-order chi connectivity index (χ1) is 10.7. The standard InChI is InChI=1S/C17H21N3OS/c1-13-19-15(12-22-13)11-17(21)20-10-4-2-3-5-16(20)14-6-8-18-9-7-14/h6-9,12,16H,2-5,10-11H2,1H3/t16-/m1/s1. The van der Waals surface area contributed by atoms with Gasteiger partial charge in [-0.15, -0.1) is 11.3 Å². The minimum atomic E-state index is 0.178. The summed E-state index contributed by atoms with van der Waals surface area (Å²) in [6, 6.07) is 4.24. The fourth-order valence-corrected chi connectivity index (χ4v) is 3.70. The zero-order valence-corrected chi connectivity index (χ0v) is 13.7. The molecule has 0 unspecified atom stereocenters. The topological polar surface area (TPSA) is 46.1 Å². The highest BCUT2D eigenvalue weighted by molar-refractivity contribution is 7.09. The van der Waals surface area contributed by atoms with Gasteiger partial charge in [0.1, 0.15) is 0 Å². The maximum absolute atomic E-state index is 12.8. The van der Waals surface area contributed by atoms with Crippen LogP contribution in [0.2, 0.25) is 0 Å². The summed E-state index contributed by atoms with van der Waals surface area (Å²) in [6.07, 6.45) is 8.52. The number of aromatic nitrogens is 2. The Labute approximate surface area is 135 Å². The van der Waals surface area contributed by atoms with Crippen molar-refractivity contribution in [1.29, 1.82) is 0 Å². The van der Waals surface area contributed by atoms with Crippen LogP contribution in [0.4, 0.5) is 0 Å². The van der Waals surface area contributed by atoms with E-state index in [2.05, 4.69) is 14.9 Å². The smallest absolute Gasteiger partial charge is 0.229 e. The van der Waals surface area contributed by atoms with E-state index < -0.39 is 0 Å². The van der Waals surface area contributed by atoms with Crippen molar-refractivity contribution in [2.45, 2.75) is 45.1 Å². The molecule has 3 rings (SSSR count). The van der Waals surface area contributed by atoms with Crippen LogP contribution in [0.5, 0.6) is 0 Å². The van der Waals surface area contributed by atoms with Crippen molar-refractivity contribution in [3.8, 4) is 0 Å². The first kappa shape index (κ1) is 15.2. The molecule has 116 valence electrons. The molecule has 0 N–H and O–H groups in total. The molecule has 0 aromatic carbocycles. The monoisotopic (exact) mass is 315 g/mol. The molecule has 0 aliphatic carbocycles. The Morgan fingerprint density at radius 3 is 2.86 bits per heavy atom. The molecule has 0 saturated carbocycles. The summed E-state index contributed by atoms with van der Waals surface area (Å²) < 4.78 is 0. The van der Waals surface area contributed by atoms with Gasteiger partial charge in [-0.1, -0.05) is 12.8 Å². The van der Waals surface area contributed by atoms with E-state index >= 15 is 0 Å². The number of hydrogen-bond donors (Lipinski definition) is 0. The van der Waals surface area contributed by atoms with Gasteiger partial charge in [0.2, 0.25) is 5.91 Å². The van der Waals surface area contributed by atoms with Gasteiger partial charge in [0, 0.05) is 24.3 Å². The van der Waals surface area contributed by atoms with Crippen LogP contribution in [0.1, 0.15) is 48.0 Å². The molecule has 1 fully saturated rings. The lowest BCUT2D eigenvalue weighted by atomic mass is 10.0. The van der Waals surface area contributed by atoms with Gasteiger partial charge in [-0.3, -0.25) is 9.78 Å². The van der Waals surface area contributed by atoms with Crippen LogP contribution < -0.4 is 0 Å². The summed E-state index contributed by atoms with van der Waals surface area (Å²) in [7, 11) is 0. The van der Waals surface area contributed by atoms with Gasteiger partial charge in [-0.05, 0) is 37.5 Å². The van der Waals surface area contributed by atoms with E-state index in [1.165, 1.54) is 18.4 Å². The molecule has 0 spiro atoms. The fourth-order valence-electron chi connectivity index (χ4n) is 3.08. The quantitative estimate of drug-likeness (QED) is 0.870. The summed E-state index contributed by atoms with van der Waals surface area (Å²) in [5.41, 5.74) is 2.09. The molecule has 1 aliphatic rings. The van der Waals surface area contributed by atoms with E-state index in [9.17, 15) is 4.79 Å². The van der Waals surface area contributed by atoms with Crippen molar-refractivity contribution in [3.63, 3.8) is 0 Å². The molecule has 1 atom stereocenters. The summed E-state index contributed by atoms with van der Waals surface area (Å²) in [5, 5.41) is 3.01. The lowest BCUT2D eigenvalue weighted by molar-refractivity contribution is -0.133. The minimum absolute atomic E-state index is 0.178. The number of rotatable bonds is 3. The van der Waals surface area contributed by atoms with E-state index in [4.69, 9.17) is 0 Å². The van der Waals surface area contributed by atoms with Crippen molar-refractivity contribution in [1.82, 2.24) is 14.9 Å². The van der Waals surface area contributed by atoms with E-state index in [1.807, 2.05) is 36.8 Å². The Morgan fingerprint density at radius 1 is 1.32 bits per heavy atom. The van der Waals surface area contributed by atoms with Gasteiger partial charge in [-0.2, -0.15) is 0 Å². The van der Waals surface area contributed by atoms with Gasteiger partial charge in [0.05, 0.1) is 23.2 Å². The molecule has 2 aromatic heterocycles. The third kappa shape index (κ3) is 3.53. The molecular formula is C17H21N3OS. The van der Waals surface area contributed by atoms with Crippen molar-refractivity contribution < 1.29 is 4.79 Å². The van der Waals surface area contributed by atoms with E-state index in [-0.39, 0.29) is 11.9 Å². The van der Waals surface area contributed by atoms with Crippen LogP contribution in [-0.4, -0.2) is 27.3 Å². The van der Waals surface area contributed by atoms with E-state index in [1.54, 1.807) is 11.3 Å². The Bertz CT molecular complexity index is 626. The number of pyridine rings is 1. The summed E-state index contributed by atoms with van der Waals surface area (Å²) >= 11 is 1.60. The second-order valence-electron chi connectivity index (χ2n) is 5.77. The number of nitrogens with zero attached hydrogens (tertiary/aromatic N) is 3. The van der Waals surface area contributed by atoms with Crippen LogP contribution >= 0.6 is 11.3 Å². The molecule has 5 heteroatoms. The van der Waals surface area contributed by atoms with E-state index in [0.717, 1.165) is 30.1 Å². The lowest BCUT2D eigenvalue weighted by Gasteiger charge is -2.30. The fraction of sp³-hybridized carbons (Fsp3) is 0.471. The van der Waals surface area contributed by atoms with Gasteiger partial charge in [-0.25, -0.2) is 4.98 Å². The number of amides is 1. The minimum Gasteiger partial charge on any atom is -0.335 e. The molecule has 2 aromatic rings. The van der Waals surface area contributed by atoms with E-state index in [0.29, 0.717) is 6.42 Å². The lowest BCUT2D eigenvalue weighted by Crippen LogP contribution is -2.36. The highest BCUT2D eigenvalue weighted by Gasteiger charge is 2.27. The highest BCUT2D eigenvalue weighted by Crippen LogP contribution is 2.30. The van der Waals surface area contributed by atoms with Crippen LogP contribution in [0, 0.1) is 6.92 Å². The maximum Gasteiger partial charge on any atom is 0.229 e. The van der Waals surface area contributed by atoms with Crippen LogP contribution in [0.25, 0.3) is 0 Å². The van der Waals surface area contributed by atoms with Crippen LogP contribution in [0.15, 0.2) is 29.9 Å². The summed E-state index contributed by atoms with van der Waals surface area (Å²) in [4.78, 5) is 23.4. The van der Waals surface area contributed by atoms with Crippen molar-refractivity contribution in [3.05, 3.63) is 46.2 Å². The number of carbonyl (C=O) groups excluding carboxylic acids is 1. The summed E-state index contributed by atoms with van der Waals surface area (Å²) in [5.74, 6) is 0.189. The Kier molecular flexibility index (Phi) is 4.83. The van der Waals surface area contributed by atoms with Crippen LogP contribution in [-0.2, 0) is 11.2 Å². The molecular weight excluding hydrogens is 294 g/mol. The molecule has 22 heavy (non-hydrogen) atoms. The van der Waals surface area contributed by atoms with Crippen molar-refractivity contribution in [2.75, 3.05) is 6.54 Å². The predicted molar refractivity (Wildman–Crippen MR) is 87.7 cm³/mol. The second-order valence-corrected chi connectivity index (χ2v) is 6.83. The number of hydrogen-bond acceptors (Lipinski definition) is 4. The van der Waals surface area contributed by atoms with Gasteiger partial charge in [0.25, 0.3) is 0 Å². The Morgan fingerprint density at radius 2 is 2.14 bits per heavy atom. The maximum atomic E-state index is 12.8. The Balaban J connectivity index is 1.79. The molecule has 1 aliphatic heterocycles. The SMILES string of the molecule is Cc1nc(CC(=O)N2CCCCC[C@@H]2c2ccncc2)cs1.